The summed E-state index contributed by atoms with van der Waals surface area (Å²) in [7, 11) is 1.60. The van der Waals surface area contributed by atoms with Crippen molar-refractivity contribution in [3.05, 3.63) is 36.0 Å². The van der Waals surface area contributed by atoms with Crippen LogP contribution in [0.4, 0.5) is 0 Å². The maximum Gasteiger partial charge on any atom is 0.251 e. The van der Waals surface area contributed by atoms with Gasteiger partial charge in [-0.05, 0) is 31.2 Å². The molecular weight excluding hydrogens is 244 g/mol. The zero-order chi connectivity index (χ0) is 13.8. The standard InChI is InChI=1S/C14H16N2O3/c1-9(8-17)16-14(18)10-3-4-11-12(7-10)15-6-5-13(11)19-2/h3-7,9,17H,8H2,1-2H3,(H,16,18). The zero-order valence-electron chi connectivity index (χ0n) is 10.9. The monoisotopic (exact) mass is 260 g/mol. The van der Waals surface area contributed by atoms with Gasteiger partial charge in [0.05, 0.1) is 19.2 Å². The highest BCUT2D eigenvalue weighted by molar-refractivity contribution is 5.98. The third-order valence-electron chi connectivity index (χ3n) is 2.84. The predicted octanol–water partition coefficient (Wildman–Crippen LogP) is 1.35. The number of hydrogen-bond donors (Lipinski definition) is 2. The number of aromatic nitrogens is 1. The Bertz CT molecular complexity index is 598. The maximum absolute atomic E-state index is 11.9. The van der Waals surface area contributed by atoms with Crippen LogP contribution in [0.15, 0.2) is 30.5 Å². The van der Waals surface area contributed by atoms with Crippen LogP contribution in [0.1, 0.15) is 17.3 Å². The first-order chi connectivity index (χ1) is 9.15. The van der Waals surface area contributed by atoms with E-state index in [1.54, 1.807) is 44.5 Å². The van der Waals surface area contributed by atoms with Crippen molar-refractivity contribution in [3.63, 3.8) is 0 Å². The van der Waals surface area contributed by atoms with Crippen molar-refractivity contribution in [2.45, 2.75) is 13.0 Å². The van der Waals surface area contributed by atoms with E-state index in [1.807, 2.05) is 0 Å². The molecule has 0 radical (unpaired) electrons. The van der Waals surface area contributed by atoms with Gasteiger partial charge >= 0.3 is 0 Å². The summed E-state index contributed by atoms with van der Waals surface area (Å²) in [6, 6.07) is 6.72. The molecule has 0 aliphatic carbocycles. The van der Waals surface area contributed by atoms with Crippen LogP contribution < -0.4 is 10.1 Å². The molecule has 0 saturated heterocycles. The van der Waals surface area contributed by atoms with Crippen LogP contribution in [0.2, 0.25) is 0 Å². The summed E-state index contributed by atoms with van der Waals surface area (Å²) in [4.78, 5) is 16.2. The normalized spacial score (nSPS) is 12.2. The van der Waals surface area contributed by atoms with Crippen LogP contribution in [0.25, 0.3) is 10.9 Å². The van der Waals surface area contributed by atoms with Crippen molar-refractivity contribution in [3.8, 4) is 5.75 Å². The number of pyridine rings is 1. The minimum Gasteiger partial charge on any atom is -0.496 e. The van der Waals surface area contributed by atoms with Crippen molar-refractivity contribution >= 4 is 16.8 Å². The van der Waals surface area contributed by atoms with Crippen molar-refractivity contribution < 1.29 is 14.6 Å². The van der Waals surface area contributed by atoms with Gasteiger partial charge in [-0.1, -0.05) is 0 Å². The summed E-state index contributed by atoms with van der Waals surface area (Å²) in [5.74, 6) is 0.494. The highest BCUT2D eigenvalue weighted by atomic mass is 16.5. The van der Waals surface area contributed by atoms with Crippen LogP contribution in [-0.4, -0.2) is 35.8 Å². The lowest BCUT2D eigenvalue weighted by Crippen LogP contribution is -2.34. The van der Waals surface area contributed by atoms with Gasteiger partial charge in [-0.15, -0.1) is 0 Å². The fraction of sp³-hybridized carbons (Fsp3) is 0.286. The third-order valence-corrected chi connectivity index (χ3v) is 2.84. The minimum absolute atomic E-state index is 0.0919. The van der Waals surface area contributed by atoms with E-state index < -0.39 is 0 Å². The topological polar surface area (TPSA) is 71.5 Å². The average Bonchev–Trinajstić information content (AvgIpc) is 2.45. The van der Waals surface area contributed by atoms with Crippen molar-refractivity contribution in [2.24, 2.45) is 0 Å². The molecule has 1 amide bonds. The Labute approximate surface area is 111 Å². The van der Waals surface area contributed by atoms with Gasteiger partial charge in [0.15, 0.2) is 0 Å². The Balaban J connectivity index is 2.34. The molecule has 0 aliphatic heterocycles. The summed E-state index contributed by atoms with van der Waals surface area (Å²) in [5, 5.41) is 12.5. The third kappa shape index (κ3) is 2.82. The molecule has 0 bridgehead atoms. The minimum atomic E-state index is -0.276. The lowest BCUT2D eigenvalue weighted by Gasteiger charge is -2.11. The van der Waals surface area contributed by atoms with E-state index in [1.165, 1.54) is 0 Å². The number of fused-ring (bicyclic) bond motifs is 1. The Morgan fingerprint density at radius 2 is 2.26 bits per heavy atom. The van der Waals surface area contributed by atoms with Gasteiger partial charge in [-0.3, -0.25) is 9.78 Å². The molecule has 19 heavy (non-hydrogen) atoms. The summed E-state index contributed by atoms with van der Waals surface area (Å²) in [6.07, 6.45) is 1.64. The fourth-order valence-electron chi connectivity index (χ4n) is 1.79. The molecular formula is C14H16N2O3. The molecule has 1 unspecified atom stereocenters. The number of benzene rings is 1. The van der Waals surface area contributed by atoms with Gasteiger partial charge < -0.3 is 15.2 Å². The van der Waals surface area contributed by atoms with Crippen molar-refractivity contribution in [1.29, 1.82) is 0 Å². The lowest BCUT2D eigenvalue weighted by atomic mass is 10.1. The van der Waals surface area contributed by atoms with Crippen LogP contribution in [-0.2, 0) is 0 Å². The molecule has 5 heteroatoms. The second-order valence-corrected chi connectivity index (χ2v) is 4.30. The number of carbonyl (C=O) groups excluding carboxylic acids is 1. The summed E-state index contributed by atoms with van der Waals surface area (Å²) in [6.45, 7) is 1.64. The molecule has 1 aromatic carbocycles. The number of rotatable bonds is 4. The maximum atomic E-state index is 11.9. The smallest absolute Gasteiger partial charge is 0.251 e. The van der Waals surface area contributed by atoms with Crippen LogP contribution in [0, 0.1) is 0 Å². The van der Waals surface area contributed by atoms with Crippen LogP contribution >= 0.6 is 0 Å². The van der Waals surface area contributed by atoms with Gasteiger partial charge in [0.2, 0.25) is 0 Å². The van der Waals surface area contributed by atoms with E-state index in [0.717, 1.165) is 11.1 Å². The number of nitrogens with one attached hydrogen (secondary N) is 1. The Morgan fingerprint density at radius 3 is 2.95 bits per heavy atom. The van der Waals surface area contributed by atoms with Gasteiger partial charge in [-0.2, -0.15) is 0 Å². The Hall–Kier alpha value is -2.14. The molecule has 100 valence electrons. The molecule has 0 fully saturated rings. The van der Waals surface area contributed by atoms with E-state index >= 15 is 0 Å². The van der Waals surface area contributed by atoms with Gasteiger partial charge in [0, 0.05) is 23.2 Å². The Kier molecular flexibility index (Phi) is 3.97. The van der Waals surface area contributed by atoms with Crippen LogP contribution in [0.5, 0.6) is 5.75 Å². The number of hydrogen-bond acceptors (Lipinski definition) is 4. The number of carbonyl (C=O) groups is 1. The fourth-order valence-corrected chi connectivity index (χ4v) is 1.79. The first-order valence-corrected chi connectivity index (χ1v) is 6.00. The SMILES string of the molecule is COc1ccnc2cc(C(=O)NC(C)CO)ccc12. The number of amides is 1. The predicted molar refractivity (Wildman–Crippen MR) is 72.3 cm³/mol. The highest BCUT2D eigenvalue weighted by Gasteiger charge is 2.11. The van der Waals surface area contributed by atoms with Crippen LogP contribution in [0.3, 0.4) is 0 Å². The number of aliphatic hydroxyl groups excluding tert-OH is 1. The summed E-state index contributed by atoms with van der Waals surface area (Å²) >= 11 is 0. The second-order valence-electron chi connectivity index (χ2n) is 4.30. The molecule has 0 spiro atoms. The van der Waals surface area contributed by atoms with Gasteiger partial charge in [0.25, 0.3) is 5.91 Å². The second kappa shape index (κ2) is 5.67. The van der Waals surface area contributed by atoms with Crippen molar-refractivity contribution in [2.75, 3.05) is 13.7 Å². The van der Waals surface area contributed by atoms with E-state index in [2.05, 4.69) is 10.3 Å². The first-order valence-electron chi connectivity index (χ1n) is 6.00. The molecule has 0 saturated carbocycles. The highest BCUT2D eigenvalue weighted by Crippen LogP contribution is 2.24. The molecule has 2 N–H and O–H groups in total. The molecule has 1 aromatic heterocycles. The lowest BCUT2D eigenvalue weighted by molar-refractivity contribution is 0.0922. The molecule has 5 nitrogen and oxygen atoms in total. The number of nitrogens with zero attached hydrogens (tertiary/aromatic N) is 1. The van der Waals surface area contributed by atoms with E-state index in [0.29, 0.717) is 11.1 Å². The van der Waals surface area contributed by atoms with E-state index in [-0.39, 0.29) is 18.6 Å². The first kappa shape index (κ1) is 13.3. The largest absolute Gasteiger partial charge is 0.496 e. The zero-order valence-corrected chi connectivity index (χ0v) is 10.9. The van der Waals surface area contributed by atoms with Gasteiger partial charge in [-0.25, -0.2) is 0 Å². The number of methoxy groups -OCH3 is 1. The number of aliphatic hydroxyl groups is 1. The Morgan fingerprint density at radius 1 is 1.47 bits per heavy atom. The number of ether oxygens (including phenoxy) is 1. The quantitative estimate of drug-likeness (QED) is 0.870. The molecule has 2 aromatic rings. The van der Waals surface area contributed by atoms with E-state index in [9.17, 15) is 4.79 Å². The molecule has 0 aliphatic rings. The van der Waals surface area contributed by atoms with Crippen molar-refractivity contribution in [1.82, 2.24) is 10.3 Å². The molecule has 1 heterocycles. The molecule has 2 rings (SSSR count). The van der Waals surface area contributed by atoms with E-state index in [4.69, 9.17) is 9.84 Å². The summed E-state index contributed by atoms with van der Waals surface area (Å²) in [5.41, 5.74) is 1.21. The summed E-state index contributed by atoms with van der Waals surface area (Å²) < 4.78 is 5.24. The average molecular weight is 260 g/mol. The van der Waals surface area contributed by atoms with Gasteiger partial charge in [0.1, 0.15) is 5.75 Å². The molecule has 1 atom stereocenters.